The van der Waals surface area contributed by atoms with Gasteiger partial charge in [0.1, 0.15) is 0 Å². The molecule has 76 valence electrons. The van der Waals surface area contributed by atoms with Crippen LogP contribution in [-0.2, 0) is 14.6 Å². The van der Waals surface area contributed by atoms with Crippen molar-refractivity contribution < 1.29 is 14.6 Å². The van der Waals surface area contributed by atoms with Gasteiger partial charge in [-0.25, -0.2) is 4.79 Å². The summed E-state index contributed by atoms with van der Waals surface area (Å²) in [7, 11) is 0. The van der Waals surface area contributed by atoms with Crippen LogP contribution in [0, 0.1) is 10.8 Å². The fraction of sp³-hybridized carbons (Fsp3) is 0.900. The fourth-order valence-corrected chi connectivity index (χ4v) is 2.15. The molecule has 0 amide bonds. The second-order valence-corrected chi connectivity index (χ2v) is 5.64. The largest absolute Gasteiger partial charge is 0.379 e. The summed E-state index contributed by atoms with van der Waals surface area (Å²) < 4.78 is 0. The van der Waals surface area contributed by atoms with E-state index in [1.165, 1.54) is 0 Å². The van der Waals surface area contributed by atoms with Crippen LogP contribution < -0.4 is 0 Å². The van der Waals surface area contributed by atoms with Gasteiger partial charge in [0.15, 0.2) is 0 Å². The molecule has 13 heavy (non-hydrogen) atoms. The predicted molar refractivity (Wildman–Crippen MR) is 48.8 cm³/mol. The van der Waals surface area contributed by atoms with Crippen molar-refractivity contribution in [3.05, 3.63) is 0 Å². The van der Waals surface area contributed by atoms with Crippen LogP contribution in [0.1, 0.15) is 41.5 Å². The van der Waals surface area contributed by atoms with Crippen LogP contribution in [0.2, 0.25) is 0 Å². The van der Waals surface area contributed by atoms with Crippen molar-refractivity contribution in [2.24, 2.45) is 10.8 Å². The lowest BCUT2D eigenvalue weighted by Gasteiger charge is -2.53. The molecule has 1 heterocycles. The van der Waals surface area contributed by atoms with E-state index in [1.807, 2.05) is 41.5 Å². The number of carbonyl (C=O) groups is 1. The Kier molecular flexibility index (Phi) is 2.00. The van der Waals surface area contributed by atoms with Gasteiger partial charge in [-0.2, -0.15) is 4.89 Å². The van der Waals surface area contributed by atoms with Crippen LogP contribution >= 0.6 is 0 Å². The van der Waals surface area contributed by atoms with E-state index in [4.69, 9.17) is 4.89 Å². The van der Waals surface area contributed by atoms with Gasteiger partial charge in [0, 0.05) is 10.8 Å². The van der Waals surface area contributed by atoms with E-state index in [-0.39, 0.29) is 16.8 Å². The van der Waals surface area contributed by atoms with Gasteiger partial charge in [-0.15, -0.1) is 0 Å². The third-order valence-electron chi connectivity index (χ3n) is 2.64. The molecular formula is C10H18O3. The van der Waals surface area contributed by atoms with E-state index in [0.717, 1.165) is 0 Å². The van der Waals surface area contributed by atoms with Crippen LogP contribution in [0.5, 0.6) is 0 Å². The molecule has 0 N–H and O–H groups in total. The van der Waals surface area contributed by atoms with Gasteiger partial charge in [-0.3, -0.25) is 4.89 Å². The first-order chi connectivity index (χ1) is 5.63. The highest BCUT2D eigenvalue weighted by Crippen LogP contribution is 2.52. The van der Waals surface area contributed by atoms with E-state index in [2.05, 4.69) is 4.89 Å². The van der Waals surface area contributed by atoms with E-state index in [9.17, 15) is 4.79 Å². The van der Waals surface area contributed by atoms with Crippen LogP contribution in [-0.4, -0.2) is 11.6 Å². The van der Waals surface area contributed by atoms with Gasteiger partial charge < -0.3 is 0 Å². The van der Waals surface area contributed by atoms with Gasteiger partial charge >= 0.3 is 5.97 Å². The number of carbonyl (C=O) groups excluding carboxylic acids is 1. The lowest BCUT2D eigenvalue weighted by atomic mass is 9.62. The Morgan fingerprint density at radius 2 is 1.38 bits per heavy atom. The predicted octanol–water partition coefficient (Wildman–Crippen LogP) is 2.31. The number of hydrogen-bond acceptors (Lipinski definition) is 3. The molecule has 0 aromatic heterocycles. The summed E-state index contributed by atoms with van der Waals surface area (Å²) in [6.45, 7) is 11.9. The molecule has 0 radical (unpaired) electrons. The molecule has 1 fully saturated rings. The summed E-state index contributed by atoms with van der Waals surface area (Å²) >= 11 is 0. The molecule has 0 unspecified atom stereocenters. The van der Waals surface area contributed by atoms with Crippen LogP contribution in [0.15, 0.2) is 0 Å². The maximum atomic E-state index is 11.5. The molecule has 0 saturated carbocycles. The first kappa shape index (κ1) is 10.5. The Hall–Kier alpha value is -0.570. The smallest absolute Gasteiger partial charge is 0.294 e. The topological polar surface area (TPSA) is 35.5 Å². The van der Waals surface area contributed by atoms with E-state index >= 15 is 0 Å². The zero-order chi connectivity index (χ0) is 10.5. The van der Waals surface area contributed by atoms with Gasteiger partial charge in [0.2, 0.25) is 5.60 Å². The summed E-state index contributed by atoms with van der Waals surface area (Å²) in [5, 5.41) is 0. The summed E-state index contributed by atoms with van der Waals surface area (Å²) in [4.78, 5) is 21.1. The molecular weight excluding hydrogens is 168 g/mol. The highest BCUT2D eigenvalue weighted by Gasteiger charge is 2.67. The normalized spacial score (nSPS) is 22.2. The van der Waals surface area contributed by atoms with E-state index in [1.54, 1.807) is 0 Å². The molecule has 3 nitrogen and oxygen atoms in total. The van der Waals surface area contributed by atoms with Crippen molar-refractivity contribution in [3.8, 4) is 0 Å². The minimum Gasteiger partial charge on any atom is -0.294 e. The first-order valence-corrected chi connectivity index (χ1v) is 4.53. The Morgan fingerprint density at radius 3 is 1.38 bits per heavy atom. The molecule has 0 atom stereocenters. The maximum absolute atomic E-state index is 11.5. The number of rotatable bonds is 0. The SMILES string of the molecule is CC(C)(C)C1(C(C)(C)C)OOC1=O. The highest BCUT2D eigenvalue weighted by molar-refractivity contribution is 5.84. The van der Waals surface area contributed by atoms with Crippen LogP contribution in [0.3, 0.4) is 0 Å². The Labute approximate surface area is 79.3 Å². The molecule has 0 bridgehead atoms. The summed E-state index contributed by atoms with van der Waals surface area (Å²) in [5.74, 6) is -0.257. The standard InChI is InChI=1S/C10H18O3/c1-8(2,3)10(9(4,5)6)7(11)12-13-10/h1-6H3. The average molecular weight is 186 g/mol. The van der Waals surface area contributed by atoms with Crippen molar-refractivity contribution in [2.75, 3.05) is 0 Å². The lowest BCUT2D eigenvalue weighted by Crippen LogP contribution is -2.68. The zero-order valence-electron chi connectivity index (χ0n) is 9.22. The molecule has 0 aromatic rings. The Morgan fingerprint density at radius 1 is 1.00 bits per heavy atom. The minimum absolute atomic E-state index is 0.249. The van der Waals surface area contributed by atoms with Crippen molar-refractivity contribution in [1.29, 1.82) is 0 Å². The first-order valence-electron chi connectivity index (χ1n) is 4.53. The molecule has 1 saturated heterocycles. The van der Waals surface area contributed by atoms with Gasteiger partial charge in [-0.1, -0.05) is 41.5 Å². The molecule has 0 aliphatic carbocycles. The van der Waals surface area contributed by atoms with Crippen molar-refractivity contribution in [3.63, 3.8) is 0 Å². The molecule has 1 aliphatic rings. The zero-order valence-corrected chi connectivity index (χ0v) is 9.22. The number of hydrogen-bond donors (Lipinski definition) is 0. The monoisotopic (exact) mass is 186 g/mol. The minimum atomic E-state index is -0.806. The fourth-order valence-electron chi connectivity index (χ4n) is 2.15. The summed E-state index contributed by atoms with van der Waals surface area (Å²) in [6.07, 6.45) is 0. The van der Waals surface area contributed by atoms with Gasteiger partial charge in [0.25, 0.3) is 0 Å². The van der Waals surface area contributed by atoms with Crippen molar-refractivity contribution in [2.45, 2.75) is 47.1 Å². The molecule has 0 spiro atoms. The van der Waals surface area contributed by atoms with Crippen molar-refractivity contribution >= 4 is 5.97 Å². The second kappa shape index (κ2) is 2.47. The highest BCUT2D eigenvalue weighted by atomic mass is 17.3. The second-order valence-electron chi connectivity index (χ2n) is 5.64. The van der Waals surface area contributed by atoms with Crippen LogP contribution in [0.25, 0.3) is 0 Å². The van der Waals surface area contributed by atoms with Gasteiger partial charge in [0.05, 0.1) is 0 Å². The molecule has 1 rings (SSSR count). The van der Waals surface area contributed by atoms with E-state index in [0.29, 0.717) is 0 Å². The summed E-state index contributed by atoms with van der Waals surface area (Å²) in [5.41, 5.74) is -1.30. The average Bonchev–Trinajstić information content (AvgIpc) is 1.77. The third kappa shape index (κ3) is 1.17. The van der Waals surface area contributed by atoms with Crippen LogP contribution in [0.4, 0.5) is 0 Å². The Bertz CT molecular complexity index is 216. The molecule has 1 aliphatic heterocycles. The third-order valence-corrected chi connectivity index (χ3v) is 2.64. The molecule has 0 aromatic carbocycles. The lowest BCUT2D eigenvalue weighted by molar-refractivity contribution is -0.443. The maximum Gasteiger partial charge on any atom is 0.379 e. The summed E-state index contributed by atoms with van der Waals surface area (Å²) in [6, 6.07) is 0. The van der Waals surface area contributed by atoms with Crippen molar-refractivity contribution in [1.82, 2.24) is 0 Å². The quantitative estimate of drug-likeness (QED) is 0.544. The Balaban J connectivity index is 3.12. The van der Waals surface area contributed by atoms with E-state index < -0.39 is 5.60 Å². The molecule has 3 heteroatoms. The van der Waals surface area contributed by atoms with Gasteiger partial charge in [-0.05, 0) is 0 Å².